The number of alkyl halides is 3. The molecule has 2 aromatic rings. The predicted molar refractivity (Wildman–Crippen MR) is 109 cm³/mol. The van der Waals surface area contributed by atoms with Crippen molar-refractivity contribution < 1.29 is 35.2 Å². The van der Waals surface area contributed by atoms with Crippen LogP contribution >= 0.6 is 0 Å². The summed E-state index contributed by atoms with van der Waals surface area (Å²) in [4.78, 5) is -0.730. The fraction of sp³-hybridized carbons (Fsp3) is 0.222. The lowest BCUT2D eigenvalue weighted by Gasteiger charge is -2.14. The zero-order valence-electron chi connectivity index (χ0n) is 16.6. The van der Waals surface area contributed by atoms with Crippen LogP contribution in [0.3, 0.4) is 0 Å². The highest BCUT2D eigenvalue weighted by atomic mass is 32.2. The van der Waals surface area contributed by atoms with Gasteiger partial charge >= 0.3 is 16.5 Å². The van der Waals surface area contributed by atoms with Gasteiger partial charge in [-0.1, -0.05) is 12.1 Å². The molecular formula is C18H21F3N4O5S. The first kappa shape index (κ1) is 25.6. The molecule has 0 aliphatic carbocycles. The zero-order chi connectivity index (χ0) is 23.7. The van der Waals surface area contributed by atoms with Crippen molar-refractivity contribution in [3.63, 3.8) is 0 Å². The number of aryl methyl sites for hydroxylation is 1. The third kappa shape index (κ3) is 9.25. The summed E-state index contributed by atoms with van der Waals surface area (Å²) in [5, 5.41) is 6.13. The van der Waals surface area contributed by atoms with Gasteiger partial charge in [0.1, 0.15) is 16.4 Å². The number of rotatable bonds is 7. The van der Waals surface area contributed by atoms with Crippen LogP contribution in [0.25, 0.3) is 0 Å². The average Bonchev–Trinajstić information content (AvgIpc) is 2.60. The molecule has 0 saturated carbocycles. The van der Waals surface area contributed by atoms with Crippen LogP contribution in [-0.4, -0.2) is 34.1 Å². The van der Waals surface area contributed by atoms with E-state index in [1.807, 2.05) is 0 Å². The number of ether oxygens (including phenoxy) is 2. The summed E-state index contributed by atoms with van der Waals surface area (Å²) in [7, 11) is -4.55. The Morgan fingerprint density at radius 1 is 1.13 bits per heavy atom. The van der Waals surface area contributed by atoms with E-state index in [1.54, 1.807) is 19.9 Å². The van der Waals surface area contributed by atoms with Gasteiger partial charge in [0.15, 0.2) is 5.75 Å². The lowest BCUT2D eigenvalue weighted by Crippen LogP contribution is -2.21. The number of benzene rings is 2. The maximum absolute atomic E-state index is 12.5. The lowest BCUT2D eigenvalue weighted by molar-refractivity contribution is -0.275. The minimum atomic E-state index is -5.03. The molecule has 9 nitrogen and oxygen atoms in total. The van der Waals surface area contributed by atoms with Crippen molar-refractivity contribution in [1.29, 1.82) is 0 Å². The van der Waals surface area contributed by atoms with Gasteiger partial charge in [0.05, 0.1) is 6.61 Å². The Labute approximate surface area is 177 Å². The summed E-state index contributed by atoms with van der Waals surface area (Å²) in [6.07, 6.45) is -5.03. The number of para-hydroxylation sites is 1. The highest BCUT2D eigenvalue weighted by molar-refractivity contribution is 7.87. The Morgan fingerprint density at radius 2 is 1.74 bits per heavy atom. The summed E-state index contributed by atoms with van der Waals surface area (Å²) >= 11 is 0. The van der Waals surface area contributed by atoms with Gasteiger partial charge in [-0.3, -0.25) is 0 Å². The highest BCUT2D eigenvalue weighted by Gasteiger charge is 2.34. The van der Waals surface area contributed by atoms with Crippen LogP contribution in [0.15, 0.2) is 57.6 Å². The maximum atomic E-state index is 12.5. The van der Waals surface area contributed by atoms with Crippen molar-refractivity contribution in [3.05, 3.63) is 48.0 Å². The highest BCUT2D eigenvalue weighted by Crippen LogP contribution is 2.32. The molecule has 2 aromatic carbocycles. The third-order valence-electron chi connectivity index (χ3n) is 3.07. The normalized spacial score (nSPS) is 10.9. The van der Waals surface area contributed by atoms with E-state index in [1.165, 1.54) is 24.3 Å². The first-order chi connectivity index (χ1) is 14.4. The van der Waals surface area contributed by atoms with Crippen molar-refractivity contribution in [2.75, 3.05) is 6.61 Å². The van der Waals surface area contributed by atoms with Crippen LogP contribution < -0.4 is 25.1 Å². The van der Waals surface area contributed by atoms with Crippen molar-refractivity contribution in [2.24, 2.45) is 21.7 Å². The minimum absolute atomic E-state index is 0.0648. The van der Waals surface area contributed by atoms with E-state index < -0.39 is 27.1 Å². The number of nitrogens with two attached hydrogens (primary N) is 2. The molecule has 0 radical (unpaired) electrons. The summed E-state index contributed by atoms with van der Waals surface area (Å²) < 4.78 is 76.1. The Morgan fingerprint density at radius 3 is 2.26 bits per heavy atom. The van der Waals surface area contributed by atoms with Gasteiger partial charge < -0.3 is 25.1 Å². The molecule has 0 aliphatic heterocycles. The van der Waals surface area contributed by atoms with Crippen LogP contribution in [-0.2, 0) is 10.1 Å². The summed E-state index contributed by atoms with van der Waals surface area (Å²) in [6.45, 7) is 6.81. The first-order valence-corrected chi connectivity index (χ1v) is 9.87. The molecule has 0 heterocycles. The second kappa shape index (κ2) is 11.1. The Balaban J connectivity index is 0.000000703. The van der Waals surface area contributed by atoms with E-state index in [-0.39, 0.29) is 11.7 Å². The van der Waals surface area contributed by atoms with Crippen molar-refractivity contribution in [1.82, 2.24) is 0 Å². The van der Waals surface area contributed by atoms with Crippen LogP contribution in [0.2, 0.25) is 0 Å². The Bertz CT molecular complexity index is 1020. The van der Waals surface area contributed by atoms with Crippen LogP contribution in [0.5, 0.6) is 17.2 Å². The molecule has 4 N–H and O–H groups in total. The fourth-order valence-corrected chi connectivity index (χ4v) is 3.17. The van der Waals surface area contributed by atoms with E-state index in [2.05, 4.69) is 21.7 Å². The minimum Gasteiger partial charge on any atom is -0.494 e. The van der Waals surface area contributed by atoms with Crippen LogP contribution in [0.4, 0.5) is 13.2 Å². The quantitative estimate of drug-likeness (QED) is 0.279. The molecule has 0 atom stereocenters. The number of guanidine groups is 1. The summed E-state index contributed by atoms with van der Waals surface area (Å²) in [5.74, 6) is -0.629. The van der Waals surface area contributed by atoms with Crippen molar-refractivity contribution in [2.45, 2.75) is 25.1 Å². The Kier molecular flexibility index (Phi) is 9.12. The molecular weight excluding hydrogens is 441 g/mol. The molecule has 170 valence electrons. The van der Waals surface area contributed by atoms with E-state index in [9.17, 15) is 21.6 Å². The molecule has 0 saturated heterocycles. The van der Waals surface area contributed by atoms with Gasteiger partial charge in [-0.25, -0.2) is 0 Å². The number of hydrogen-bond donors (Lipinski definition) is 2. The van der Waals surface area contributed by atoms with Crippen molar-refractivity contribution >= 4 is 22.8 Å². The molecule has 0 spiro atoms. The number of hydrogen-bond acceptors (Lipinski definition) is 7. The molecule has 0 unspecified atom stereocenters. The van der Waals surface area contributed by atoms with Gasteiger partial charge in [0.25, 0.3) is 0 Å². The third-order valence-corrected chi connectivity index (χ3v) is 4.36. The van der Waals surface area contributed by atoms with E-state index in [0.29, 0.717) is 17.9 Å². The molecule has 0 fully saturated rings. The first-order valence-electron chi connectivity index (χ1n) is 8.46. The van der Waals surface area contributed by atoms with Gasteiger partial charge in [0, 0.05) is 12.8 Å². The SMILES string of the molecule is C=NN=C(N)N.CCOc1cc(C)cc(OS(=O)(=O)c2ccccc2OC(F)(F)F)c1. The van der Waals surface area contributed by atoms with Crippen molar-refractivity contribution in [3.8, 4) is 17.2 Å². The van der Waals surface area contributed by atoms with Gasteiger partial charge in [-0.15, -0.1) is 18.3 Å². The fourth-order valence-electron chi connectivity index (χ4n) is 2.13. The number of halogens is 3. The van der Waals surface area contributed by atoms with E-state index >= 15 is 0 Å². The van der Waals surface area contributed by atoms with Crippen LogP contribution in [0, 0.1) is 6.92 Å². The molecule has 0 aliphatic rings. The molecule has 0 aromatic heterocycles. The van der Waals surface area contributed by atoms with Gasteiger partial charge in [-0.05, 0) is 43.7 Å². The van der Waals surface area contributed by atoms with E-state index in [4.69, 9.17) is 20.4 Å². The largest absolute Gasteiger partial charge is 0.573 e. The smallest absolute Gasteiger partial charge is 0.494 e. The van der Waals surface area contributed by atoms with Gasteiger partial charge in [0.2, 0.25) is 5.96 Å². The monoisotopic (exact) mass is 462 g/mol. The Hall–Kier alpha value is -3.48. The topological polar surface area (TPSA) is 139 Å². The molecule has 13 heteroatoms. The second-order valence-corrected chi connectivity index (χ2v) is 7.13. The predicted octanol–water partition coefficient (Wildman–Crippen LogP) is 2.94. The molecule has 0 bridgehead atoms. The average molecular weight is 462 g/mol. The molecule has 0 amide bonds. The molecule has 2 rings (SSSR count). The van der Waals surface area contributed by atoms with Crippen LogP contribution in [0.1, 0.15) is 12.5 Å². The zero-order valence-corrected chi connectivity index (χ0v) is 17.4. The lowest BCUT2D eigenvalue weighted by atomic mass is 10.2. The standard InChI is InChI=1S/C16H15F3O5S.C2H6N4/c1-3-22-12-8-11(2)9-13(10-12)24-25(20,21)15-7-5-4-6-14(15)23-16(17,18)19;1-5-6-2(3)4/h4-10H,3H2,1-2H3;1H2,(H4,3,4,6). The van der Waals surface area contributed by atoms with E-state index in [0.717, 1.165) is 12.1 Å². The van der Waals surface area contributed by atoms with Gasteiger partial charge in [-0.2, -0.15) is 13.5 Å². The summed E-state index contributed by atoms with van der Waals surface area (Å²) in [5.41, 5.74) is 10.3. The maximum Gasteiger partial charge on any atom is 0.573 e. The molecule has 31 heavy (non-hydrogen) atoms. The number of nitrogens with zero attached hydrogens (tertiary/aromatic N) is 2. The second-order valence-electron chi connectivity index (χ2n) is 5.61. The summed E-state index contributed by atoms with van der Waals surface area (Å²) in [6, 6.07) is 8.78.